The molecule has 0 atom stereocenters. The highest BCUT2D eigenvalue weighted by Crippen LogP contribution is 2.38. The number of nitrogens with zero attached hydrogens (tertiary/aromatic N) is 4. The van der Waals surface area contributed by atoms with Gasteiger partial charge in [0, 0.05) is 11.1 Å². The van der Waals surface area contributed by atoms with E-state index < -0.39 is 23.7 Å². The normalized spacial score (nSPS) is 11.3. The number of halogens is 3. The van der Waals surface area contributed by atoms with Crippen LogP contribution in [0.25, 0.3) is 22.5 Å². The summed E-state index contributed by atoms with van der Waals surface area (Å²) in [5.74, 6) is -0.489. The van der Waals surface area contributed by atoms with Crippen molar-refractivity contribution in [1.82, 2.24) is 20.6 Å². The topological polar surface area (TPSA) is 144 Å². The summed E-state index contributed by atoms with van der Waals surface area (Å²) in [7, 11) is 0. The highest BCUT2D eigenvalue weighted by molar-refractivity contribution is 6.02. The molecule has 172 valence electrons. The lowest BCUT2D eigenvalue weighted by atomic mass is 9.99. The van der Waals surface area contributed by atoms with E-state index in [0.717, 1.165) is 17.0 Å². The number of urea groups is 1. The number of rotatable bonds is 5. The van der Waals surface area contributed by atoms with E-state index in [9.17, 15) is 22.8 Å². The molecule has 0 aliphatic heterocycles. The second kappa shape index (κ2) is 8.65. The first-order chi connectivity index (χ1) is 16.1. The second-order valence-electron chi connectivity index (χ2n) is 7.13. The van der Waals surface area contributed by atoms with E-state index in [1.165, 1.54) is 18.2 Å². The predicted molar refractivity (Wildman–Crippen MR) is 117 cm³/mol. The fourth-order valence-corrected chi connectivity index (χ4v) is 3.40. The van der Waals surface area contributed by atoms with Crippen LogP contribution in [0.3, 0.4) is 0 Å². The van der Waals surface area contributed by atoms with Crippen LogP contribution >= 0.6 is 0 Å². The van der Waals surface area contributed by atoms with Crippen LogP contribution in [-0.4, -0.2) is 32.6 Å². The van der Waals surface area contributed by atoms with Crippen molar-refractivity contribution in [1.29, 1.82) is 0 Å². The number of benzene rings is 3. The molecule has 0 bridgehead atoms. The quantitative estimate of drug-likeness (QED) is 0.408. The van der Waals surface area contributed by atoms with Gasteiger partial charge in [0.25, 0.3) is 0 Å². The number of primary amides is 2. The van der Waals surface area contributed by atoms with Gasteiger partial charge in [-0.25, -0.2) is 4.79 Å². The van der Waals surface area contributed by atoms with Crippen LogP contribution in [0.4, 0.5) is 29.3 Å². The number of aromatic nitrogens is 4. The highest BCUT2D eigenvalue weighted by Gasteiger charge is 2.32. The number of tetrazole rings is 1. The minimum absolute atomic E-state index is 0.0869. The number of hydrogen-bond donors (Lipinski definition) is 3. The lowest BCUT2D eigenvalue weighted by Crippen LogP contribution is -2.32. The van der Waals surface area contributed by atoms with E-state index in [0.29, 0.717) is 16.7 Å². The third-order valence-corrected chi connectivity index (χ3v) is 4.98. The minimum Gasteiger partial charge on any atom is -0.366 e. The van der Waals surface area contributed by atoms with E-state index >= 15 is 0 Å². The number of H-pyrrole nitrogens is 1. The molecular formula is C22H16F3N7O2. The lowest BCUT2D eigenvalue weighted by molar-refractivity contribution is -0.137. The van der Waals surface area contributed by atoms with E-state index in [1.54, 1.807) is 36.4 Å². The molecule has 0 aliphatic carbocycles. The molecule has 9 nitrogen and oxygen atoms in total. The van der Waals surface area contributed by atoms with Crippen LogP contribution in [0, 0.1) is 0 Å². The molecule has 4 aromatic rings. The van der Waals surface area contributed by atoms with Crippen molar-refractivity contribution in [2.45, 2.75) is 6.18 Å². The first-order valence-electron chi connectivity index (χ1n) is 9.70. The third-order valence-electron chi connectivity index (χ3n) is 4.98. The fraction of sp³-hybridized carbons (Fsp3) is 0.0455. The van der Waals surface area contributed by atoms with E-state index in [4.69, 9.17) is 11.5 Å². The van der Waals surface area contributed by atoms with Crippen molar-refractivity contribution in [2.75, 3.05) is 4.90 Å². The van der Waals surface area contributed by atoms with E-state index in [2.05, 4.69) is 20.6 Å². The molecular weight excluding hydrogens is 451 g/mol. The smallest absolute Gasteiger partial charge is 0.366 e. The summed E-state index contributed by atoms with van der Waals surface area (Å²) in [6.45, 7) is 0. The molecule has 0 unspecified atom stereocenters. The summed E-state index contributed by atoms with van der Waals surface area (Å²) < 4.78 is 39.8. The molecule has 0 spiro atoms. The lowest BCUT2D eigenvalue weighted by Gasteiger charge is -2.24. The Bertz CT molecular complexity index is 1350. The number of nitrogens with two attached hydrogens (primary N) is 2. The van der Waals surface area contributed by atoms with E-state index in [1.807, 2.05) is 0 Å². The number of carbonyl (C=O) groups is 2. The SMILES string of the molecule is NC(=O)c1ccc(-c2ccc(N(C(N)=O)c3cccc(C(F)(F)F)c3)c(-c3nn[nH]n3)c2)cc1. The van der Waals surface area contributed by atoms with E-state index in [-0.39, 0.29) is 22.8 Å². The van der Waals surface area contributed by atoms with Crippen LogP contribution in [0.1, 0.15) is 15.9 Å². The van der Waals surface area contributed by atoms with Crippen molar-refractivity contribution >= 4 is 23.3 Å². The van der Waals surface area contributed by atoms with Crippen molar-refractivity contribution < 1.29 is 22.8 Å². The largest absolute Gasteiger partial charge is 0.416 e. The van der Waals surface area contributed by atoms with Crippen molar-refractivity contribution in [2.24, 2.45) is 11.5 Å². The van der Waals surface area contributed by atoms with Gasteiger partial charge in [-0.15, -0.1) is 10.2 Å². The van der Waals surface area contributed by atoms with Gasteiger partial charge >= 0.3 is 12.2 Å². The summed E-state index contributed by atoms with van der Waals surface area (Å²) in [5.41, 5.74) is 11.9. The fourth-order valence-electron chi connectivity index (χ4n) is 3.40. The maximum absolute atomic E-state index is 13.3. The summed E-state index contributed by atoms with van der Waals surface area (Å²) in [6.07, 6.45) is -4.61. The van der Waals surface area contributed by atoms with Gasteiger partial charge in [-0.3, -0.25) is 9.69 Å². The van der Waals surface area contributed by atoms with Crippen LogP contribution < -0.4 is 16.4 Å². The first-order valence-corrected chi connectivity index (χ1v) is 9.70. The van der Waals surface area contributed by atoms with Gasteiger partial charge < -0.3 is 11.5 Å². The molecule has 0 saturated carbocycles. The summed E-state index contributed by atoms with van der Waals surface area (Å²) >= 11 is 0. The number of hydrogen-bond acceptors (Lipinski definition) is 5. The van der Waals surface area contributed by atoms with Gasteiger partial charge in [0.05, 0.1) is 16.9 Å². The Morgan fingerprint density at radius 3 is 2.21 bits per heavy atom. The summed E-state index contributed by atoms with van der Waals surface area (Å²) in [5, 5.41) is 13.7. The van der Waals surface area contributed by atoms with Gasteiger partial charge in [0.15, 0.2) is 0 Å². The van der Waals surface area contributed by atoms with Crippen molar-refractivity contribution in [3.05, 3.63) is 77.9 Å². The number of anilines is 2. The number of nitrogens with one attached hydrogen (secondary N) is 1. The van der Waals surface area contributed by atoms with Crippen LogP contribution in [0.2, 0.25) is 0 Å². The zero-order chi connectivity index (χ0) is 24.5. The Morgan fingerprint density at radius 2 is 1.62 bits per heavy atom. The Labute approximate surface area is 190 Å². The third kappa shape index (κ3) is 4.41. The van der Waals surface area contributed by atoms with Crippen molar-refractivity contribution in [3.8, 4) is 22.5 Å². The average Bonchev–Trinajstić information content (AvgIpc) is 3.34. The molecule has 1 heterocycles. The maximum Gasteiger partial charge on any atom is 0.416 e. The van der Waals surface area contributed by atoms with Gasteiger partial charge in [-0.05, 0) is 58.8 Å². The van der Waals surface area contributed by atoms with Crippen LogP contribution in [-0.2, 0) is 6.18 Å². The van der Waals surface area contributed by atoms with Gasteiger partial charge in [-0.2, -0.15) is 18.4 Å². The monoisotopic (exact) mass is 467 g/mol. The Balaban J connectivity index is 1.86. The number of aromatic amines is 1. The summed E-state index contributed by atoms with van der Waals surface area (Å²) in [4.78, 5) is 24.7. The minimum atomic E-state index is -4.61. The molecule has 4 rings (SSSR count). The number of amides is 3. The number of alkyl halides is 3. The Morgan fingerprint density at radius 1 is 0.912 bits per heavy atom. The predicted octanol–water partition coefficient (Wildman–Crippen LogP) is 3.87. The zero-order valence-electron chi connectivity index (χ0n) is 17.2. The standard InChI is InChI=1S/C22H16F3N7O2/c23-22(24,25)15-2-1-3-16(11-15)32(21(27)34)18-9-8-14(10-17(18)20-28-30-31-29-20)12-4-6-13(7-5-12)19(26)33/h1-11H,(H2,26,33)(H2,27,34)(H,28,29,30,31). The maximum atomic E-state index is 13.3. The molecule has 5 N–H and O–H groups in total. The zero-order valence-corrected chi connectivity index (χ0v) is 17.2. The molecule has 34 heavy (non-hydrogen) atoms. The average molecular weight is 467 g/mol. The molecule has 0 aliphatic rings. The molecule has 0 radical (unpaired) electrons. The van der Waals surface area contributed by atoms with Crippen LogP contribution in [0.5, 0.6) is 0 Å². The van der Waals surface area contributed by atoms with Crippen LogP contribution in [0.15, 0.2) is 66.7 Å². The Kier molecular flexibility index (Phi) is 5.72. The first kappa shape index (κ1) is 22.5. The molecule has 0 saturated heterocycles. The number of carbonyl (C=O) groups excluding carboxylic acids is 2. The van der Waals surface area contributed by atoms with Gasteiger partial charge in [0.2, 0.25) is 11.7 Å². The molecule has 12 heteroatoms. The molecule has 3 aromatic carbocycles. The van der Waals surface area contributed by atoms with Gasteiger partial charge in [-0.1, -0.05) is 24.3 Å². The van der Waals surface area contributed by atoms with Crippen molar-refractivity contribution in [3.63, 3.8) is 0 Å². The Hall–Kier alpha value is -4.74. The molecule has 3 amide bonds. The highest BCUT2D eigenvalue weighted by atomic mass is 19.4. The second-order valence-corrected chi connectivity index (χ2v) is 7.13. The molecule has 0 fully saturated rings. The molecule has 1 aromatic heterocycles. The summed E-state index contributed by atoms with van der Waals surface area (Å²) in [6, 6.07) is 14.4. The van der Waals surface area contributed by atoms with Gasteiger partial charge in [0.1, 0.15) is 0 Å².